The minimum Gasteiger partial charge on any atom is -0.393 e. The topological polar surface area (TPSA) is 116 Å². The van der Waals surface area contributed by atoms with Gasteiger partial charge in [-0.2, -0.15) is 0 Å². The second kappa shape index (κ2) is 3.76. The number of ether oxygens (including phenoxy) is 1. The average molecular weight is 226 g/mol. The first-order chi connectivity index (χ1) is 7.49. The summed E-state index contributed by atoms with van der Waals surface area (Å²) in [6, 6.07) is -0.120. The Kier molecular flexibility index (Phi) is 2.56. The molecule has 88 valence electrons. The van der Waals surface area contributed by atoms with Gasteiger partial charge in [-0.05, 0) is 6.92 Å². The van der Waals surface area contributed by atoms with Crippen molar-refractivity contribution in [2.24, 2.45) is 5.73 Å². The molecule has 5 N–H and O–H groups in total. The molecule has 1 aromatic rings. The molecular weight excluding hydrogens is 212 g/mol. The molecule has 0 aromatic carbocycles. The third-order valence-electron chi connectivity index (χ3n) is 2.75. The van der Waals surface area contributed by atoms with Crippen molar-refractivity contribution in [3.8, 4) is 0 Å². The van der Waals surface area contributed by atoms with Crippen LogP contribution in [0.25, 0.3) is 0 Å². The fraction of sp³-hybridized carbons (Fsp3) is 0.556. The standard InChI is InChI=1S/C9H14N4O3/c1-4-5(10)2-7(16-4)13-3-6(11)8(14)12-9(13)15/h3-5,7H,2,10-11H2,1H3,(H,12,14,15). The minimum atomic E-state index is -0.586. The molecule has 7 nitrogen and oxygen atoms in total. The third kappa shape index (κ3) is 1.74. The summed E-state index contributed by atoms with van der Waals surface area (Å²) in [5, 5.41) is 0. The number of rotatable bonds is 1. The maximum atomic E-state index is 11.5. The minimum absolute atomic E-state index is 0.0173. The Bertz CT molecular complexity index is 496. The van der Waals surface area contributed by atoms with Gasteiger partial charge in [-0.15, -0.1) is 0 Å². The van der Waals surface area contributed by atoms with Crippen LogP contribution in [0.5, 0.6) is 0 Å². The highest BCUT2D eigenvalue weighted by Gasteiger charge is 2.31. The van der Waals surface area contributed by atoms with E-state index in [0.29, 0.717) is 6.42 Å². The zero-order valence-electron chi connectivity index (χ0n) is 8.84. The van der Waals surface area contributed by atoms with Crippen LogP contribution in [0.4, 0.5) is 5.69 Å². The van der Waals surface area contributed by atoms with Crippen LogP contribution < -0.4 is 22.7 Å². The van der Waals surface area contributed by atoms with Gasteiger partial charge in [-0.1, -0.05) is 0 Å². The molecular formula is C9H14N4O3. The molecule has 0 spiro atoms. The van der Waals surface area contributed by atoms with Crippen molar-refractivity contribution in [1.82, 2.24) is 9.55 Å². The van der Waals surface area contributed by atoms with E-state index < -0.39 is 17.5 Å². The molecule has 3 atom stereocenters. The maximum Gasteiger partial charge on any atom is 0.330 e. The highest BCUT2D eigenvalue weighted by atomic mass is 16.5. The first-order valence-electron chi connectivity index (χ1n) is 5.01. The summed E-state index contributed by atoms with van der Waals surface area (Å²) < 4.78 is 6.76. The number of nitrogens with one attached hydrogen (secondary N) is 1. The van der Waals surface area contributed by atoms with Crippen molar-refractivity contribution in [2.75, 3.05) is 5.73 Å². The van der Waals surface area contributed by atoms with Gasteiger partial charge in [-0.3, -0.25) is 14.3 Å². The number of nitrogens with two attached hydrogens (primary N) is 2. The Labute approximate surface area is 91.0 Å². The Hall–Kier alpha value is -1.60. The summed E-state index contributed by atoms with van der Waals surface area (Å²) in [5.41, 5.74) is 10.1. The van der Waals surface area contributed by atoms with E-state index in [1.165, 1.54) is 10.8 Å². The third-order valence-corrected chi connectivity index (χ3v) is 2.75. The Morgan fingerprint density at radius 1 is 1.56 bits per heavy atom. The highest BCUT2D eigenvalue weighted by Crippen LogP contribution is 2.25. The van der Waals surface area contributed by atoms with Gasteiger partial charge in [0.25, 0.3) is 5.56 Å². The second-order valence-corrected chi connectivity index (χ2v) is 3.95. The van der Waals surface area contributed by atoms with Crippen molar-refractivity contribution in [2.45, 2.75) is 31.7 Å². The fourth-order valence-electron chi connectivity index (χ4n) is 1.72. The lowest BCUT2D eigenvalue weighted by Crippen LogP contribution is -2.33. The molecule has 0 aliphatic carbocycles. The molecule has 0 amide bonds. The summed E-state index contributed by atoms with van der Waals surface area (Å²) in [5.74, 6) is 0. The summed E-state index contributed by atoms with van der Waals surface area (Å²) in [6.45, 7) is 1.84. The highest BCUT2D eigenvalue weighted by molar-refractivity contribution is 5.30. The molecule has 1 aromatic heterocycles. The molecule has 7 heteroatoms. The van der Waals surface area contributed by atoms with Gasteiger partial charge < -0.3 is 16.2 Å². The van der Waals surface area contributed by atoms with E-state index in [-0.39, 0.29) is 17.8 Å². The lowest BCUT2D eigenvalue weighted by atomic mass is 10.2. The number of H-pyrrole nitrogens is 1. The SMILES string of the molecule is CC1OC(n2cc(N)c(=O)[nH]c2=O)CC1N. The molecule has 3 unspecified atom stereocenters. The number of nitrogen functional groups attached to an aromatic ring is 1. The normalized spacial score (nSPS) is 29.5. The summed E-state index contributed by atoms with van der Waals surface area (Å²) >= 11 is 0. The lowest BCUT2D eigenvalue weighted by Gasteiger charge is -2.13. The van der Waals surface area contributed by atoms with Crippen molar-refractivity contribution in [1.29, 1.82) is 0 Å². The Morgan fingerprint density at radius 2 is 2.25 bits per heavy atom. The first-order valence-corrected chi connectivity index (χ1v) is 5.01. The van der Waals surface area contributed by atoms with Crippen LogP contribution in [0, 0.1) is 0 Å². The van der Waals surface area contributed by atoms with Gasteiger partial charge >= 0.3 is 5.69 Å². The number of hydrogen-bond donors (Lipinski definition) is 3. The van der Waals surface area contributed by atoms with Gasteiger partial charge in [0, 0.05) is 18.7 Å². The zero-order chi connectivity index (χ0) is 11.9. The maximum absolute atomic E-state index is 11.5. The molecule has 2 heterocycles. The van der Waals surface area contributed by atoms with Crippen molar-refractivity contribution in [3.63, 3.8) is 0 Å². The van der Waals surface area contributed by atoms with Gasteiger partial charge in [0.05, 0.1) is 6.10 Å². The molecule has 1 aliphatic rings. The molecule has 1 aliphatic heterocycles. The van der Waals surface area contributed by atoms with Crippen molar-refractivity contribution in [3.05, 3.63) is 27.0 Å². The van der Waals surface area contributed by atoms with E-state index in [1.807, 2.05) is 6.92 Å². The molecule has 1 saturated heterocycles. The van der Waals surface area contributed by atoms with Crippen LogP contribution in [-0.4, -0.2) is 21.7 Å². The van der Waals surface area contributed by atoms with Crippen molar-refractivity contribution < 1.29 is 4.74 Å². The van der Waals surface area contributed by atoms with Crippen LogP contribution >= 0.6 is 0 Å². The predicted octanol–water partition coefficient (Wildman–Crippen LogP) is -1.25. The fourth-order valence-corrected chi connectivity index (χ4v) is 1.72. The van der Waals surface area contributed by atoms with Crippen LogP contribution in [0.3, 0.4) is 0 Å². The summed E-state index contributed by atoms with van der Waals surface area (Å²) in [7, 11) is 0. The Balaban J connectivity index is 2.39. The molecule has 2 rings (SSSR count). The zero-order valence-corrected chi connectivity index (χ0v) is 8.84. The average Bonchev–Trinajstić information content (AvgIpc) is 2.53. The van der Waals surface area contributed by atoms with Crippen LogP contribution in [0.2, 0.25) is 0 Å². The van der Waals surface area contributed by atoms with E-state index in [1.54, 1.807) is 0 Å². The quantitative estimate of drug-likeness (QED) is 0.553. The first kappa shape index (κ1) is 10.9. The van der Waals surface area contributed by atoms with E-state index in [9.17, 15) is 9.59 Å². The van der Waals surface area contributed by atoms with Crippen LogP contribution in [0.15, 0.2) is 15.8 Å². The number of aromatic amines is 1. The van der Waals surface area contributed by atoms with Gasteiger partial charge in [0.1, 0.15) is 11.9 Å². The largest absolute Gasteiger partial charge is 0.393 e. The van der Waals surface area contributed by atoms with E-state index in [0.717, 1.165) is 0 Å². The lowest BCUT2D eigenvalue weighted by molar-refractivity contribution is 0.00622. The van der Waals surface area contributed by atoms with E-state index in [2.05, 4.69) is 4.98 Å². The van der Waals surface area contributed by atoms with Crippen LogP contribution in [-0.2, 0) is 4.74 Å². The number of hydrogen-bond acceptors (Lipinski definition) is 5. The smallest absolute Gasteiger partial charge is 0.330 e. The molecule has 1 fully saturated rings. The van der Waals surface area contributed by atoms with Gasteiger partial charge in [0.15, 0.2) is 0 Å². The number of nitrogens with zero attached hydrogens (tertiary/aromatic N) is 1. The van der Waals surface area contributed by atoms with Gasteiger partial charge in [-0.25, -0.2) is 4.79 Å². The molecule has 0 radical (unpaired) electrons. The van der Waals surface area contributed by atoms with Crippen molar-refractivity contribution >= 4 is 5.69 Å². The van der Waals surface area contributed by atoms with E-state index in [4.69, 9.17) is 16.2 Å². The monoisotopic (exact) mass is 226 g/mol. The number of aromatic nitrogens is 2. The Morgan fingerprint density at radius 3 is 2.81 bits per heavy atom. The molecule has 16 heavy (non-hydrogen) atoms. The predicted molar refractivity (Wildman–Crippen MR) is 57.9 cm³/mol. The second-order valence-electron chi connectivity index (χ2n) is 3.95. The van der Waals surface area contributed by atoms with Gasteiger partial charge in [0.2, 0.25) is 0 Å². The number of anilines is 1. The molecule has 0 saturated carbocycles. The summed E-state index contributed by atoms with van der Waals surface area (Å²) in [4.78, 5) is 24.7. The molecule has 0 bridgehead atoms. The van der Waals surface area contributed by atoms with E-state index >= 15 is 0 Å². The summed E-state index contributed by atoms with van der Waals surface area (Å²) in [6.07, 6.45) is 1.23. The van der Waals surface area contributed by atoms with Crippen LogP contribution in [0.1, 0.15) is 19.6 Å².